The average Bonchev–Trinajstić information content (AvgIpc) is 2.81. The Hall–Kier alpha value is -3.98. The van der Waals surface area contributed by atoms with Gasteiger partial charge >= 0.3 is 6.36 Å². The third-order valence-electron chi connectivity index (χ3n) is 4.44. The number of benzene rings is 3. The molecule has 0 radical (unpaired) electrons. The number of ether oxygens (including phenoxy) is 1. The number of anilines is 2. The van der Waals surface area contributed by atoms with Gasteiger partial charge in [0.1, 0.15) is 11.6 Å². The van der Waals surface area contributed by atoms with Crippen molar-refractivity contribution in [1.29, 1.82) is 0 Å². The molecule has 0 aliphatic carbocycles. The highest BCUT2D eigenvalue weighted by Gasteiger charge is 2.30. The summed E-state index contributed by atoms with van der Waals surface area (Å²) in [7, 11) is 0. The molecule has 0 unspecified atom stereocenters. The number of nitrogens with one attached hydrogen (secondary N) is 1. The highest BCUT2D eigenvalue weighted by molar-refractivity contribution is 6.30. The molecule has 1 aromatic heterocycles. The number of nitrogens with zero attached hydrogens (tertiary/aromatic N) is 4. The zero-order valence-corrected chi connectivity index (χ0v) is 18.3. The largest absolute Gasteiger partial charge is 0.573 e. The molecule has 172 valence electrons. The summed E-state index contributed by atoms with van der Waals surface area (Å²) in [5, 5.41) is 12.1. The smallest absolute Gasteiger partial charge is 0.406 e. The molecule has 6 nitrogen and oxygen atoms in total. The van der Waals surface area contributed by atoms with Crippen LogP contribution in [-0.4, -0.2) is 16.3 Å². The van der Waals surface area contributed by atoms with E-state index in [2.05, 4.69) is 30.3 Å². The Kier molecular flexibility index (Phi) is 7.03. The number of halogens is 4. The van der Waals surface area contributed by atoms with Crippen LogP contribution in [0.25, 0.3) is 11.4 Å². The summed E-state index contributed by atoms with van der Waals surface area (Å²) in [6, 6.07) is 23.7. The van der Waals surface area contributed by atoms with Crippen molar-refractivity contribution >= 4 is 28.9 Å². The summed E-state index contributed by atoms with van der Waals surface area (Å²) in [6.07, 6.45) is -4.73. The normalized spacial score (nSPS) is 11.5. The summed E-state index contributed by atoms with van der Waals surface area (Å²) < 4.78 is 40.8. The van der Waals surface area contributed by atoms with E-state index in [0.717, 1.165) is 11.3 Å². The van der Waals surface area contributed by atoms with Gasteiger partial charge in [0.15, 0.2) is 11.6 Å². The van der Waals surface area contributed by atoms with Crippen molar-refractivity contribution in [2.75, 3.05) is 5.32 Å². The Morgan fingerprint density at radius 1 is 0.882 bits per heavy atom. The quantitative estimate of drug-likeness (QED) is 0.273. The zero-order valence-electron chi connectivity index (χ0n) is 17.5. The van der Waals surface area contributed by atoms with E-state index < -0.39 is 6.36 Å². The summed E-state index contributed by atoms with van der Waals surface area (Å²) in [5.41, 5.74) is 2.25. The molecular formula is C24H17ClF3N5O. The van der Waals surface area contributed by atoms with E-state index in [4.69, 9.17) is 11.6 Å². The van der Waals surface area contributed by atoms with E-state index in [1.807, 2.05) is 42.5 Å². The minimum Gasteiger partial charge on any atom is -0.406 e. The van der Waals surface area contributed by atoms with Crippen LogP contribution in [0.1, 0.15) is 5.56 Å². The summed E-state index contributed by atoms with van der Waals surface area (Å²) in [4.78, 5) is 9.03. The molecule has 3 aromatic carbocycles. The third kappa shape index (κ3) is 6.76. The lowest BCUT2D eigenvalue weighted by Gasteiger charge is -2.09. The van der Waals surface area contributed by atoms with Gasteiger partial charge in [-0.1, -0.05) is 54.1 Å². The minimum absolute atomic E-state index is 0.150. The highest BCUT2D eigenvalue weighted by atomic mass is 35.5. The second-order valence-electron chi connectivity index (χ2n) is 7.02. The molecule has 4 aromatic rings. The molecule has 4 rings (SSSR count). The maximum atomic E-state index is 12.3. The van der Waals surface area contributed by atoms with Crippen molar-refractivity contribution in [2.24, 2.45) is 10.2 Å². The molecule has 1 heterocycles. The maximum absolute atomic E-state index is 12.3. The van der Waals surface area contributed by atoms with E-state index in [9.17, 15) is 13.2 Å². The second-order valence-corrected chi connectivity index (χ2v) is 7.46. The van der Waals surface area contributed by atoms with Gasteiger partial charge in [0.05, 0.1) is 6.54 Å². The van der Waals surface area contributed by atoms with Gasteiger partial charge in [-0.05, 0) is 42.0 Å². The van der Waals surface area contributed by atoms with Crippen molar-refractivity contribution in [3.63, 3.8) is 0 Å². The van der Waals surface area contributed by atoms with Crippen molar-refractivity contribution < 1.29 is 17.9 Å². The van der Waals surface area contributed by atoms with Gasteiger partial charge in [0.25, 0.3) is 0 Å². The summed E-state index contributed by atoms with van der Waals surface area (Å²) >= 11 is 5.95. The Bertz CT molecular complexity index is 1260. The maximum Gasteiger partial charge on any atom is 0.573 e. The first-order chi connectivity index (χ1) is 16.3. The van der Waals surface area contributed by atoms with Gasteiger partial charge < -0.3 is 10.1 Å². The van der Waals surface area contributed by atoms with Gasteiger partial charge in [-0.15, -0.1) is 18.3 Å². The molecule has 0 amide bonds. The third-order valence-corrected chi connectivity index (χ3v) is 4.70. The SMILES string of the molecule is FC(F)(F)Oc1ccc(CN=Nc2cc(Nc3ccc(Cl)cc3)nc(-c3ccccc3)n2)cc1. The lowest BCUT2D eigenvalue weighted by molar-refractivity contribution is -0.274. The van der Waals surface area contributed by atoms with E-state index in [-0.39, 0.29) is 12.3 Å². The Morgan fingerprint density at radius 3 is 2.26 bits per heavy atom. The lowest BCUT2D eigenvalue weighted by Crippen LogP contribution is -2.16. The molecule has 0 atom stereocenters. The predicted molar refractivity (Wildman–Crippen MR) is 124 cm³/mol. The first-order valence-corrected chi connectivity index (χ1v) is 10.4. The molecule has 0 spiro atoms. The van der Waals surface area contributed by atoms with Crippen LogP contribution < -0.4 is 10.1 Å². The van der Waals surface area contributed by atoms with Crippen LogP contribution in [-0.2, 0) is 6.54 Å². The van der Waals surface area contributed by atoms with E-state index in [0.29, 0.717) is 28.0 Å². The van der Waals surface area contributed by atoms with Crippen molar-refractivity contribution in [3.05, 3.63) is 95.5 Å². The van der Waals surface area contributed by atoms with Crippen LogP contribution in [0.5, 0.6) is 5.75 Å². The van der Waals surface area contributed by atoms with Gasteiger partial charge in [-0.3, -0.25) is 0 Å². The Morgan fingerprint density at radius 2 is 1.59 bits per heavy atom. The number of alkyl halides is 3. The van der Waals surface area contributed by atoms with Gasteiger partial charge in [0.2, 0.25) is 0 Å². The zero-order chi connectivity index (χ0) is 24.0. The van der Waals surface area contributed by atoms with Gasteiger partial charge in [-0.2, -0.15) is 5.11 Å². The molecule has 34 heavy (non-hydrogen) atoms. The van der Waals surface area contributed by atoms with Crippen LogP contribution in [0.3, 0.4) is 0 Å². The van der Waals surface area contributed by atoms with Crippen molar-refractivity contribution in [2.45, 2.75) is 12.9 Å². The fourth-order valence-electron chi connectivity index (χ4n) is 2.93. The highest BCUT2D eigenvalue weighted by Crippen LogP contribution is 2.26. The van der Waals surface area contributed by atoms with Gasteiger partial charge in [0, 0.05) is 22.3 Å². The monoisotopic (exact) mass is 483 g/mol. The van der Waals surface area contributed by atoms with Crippen molar-refractivity contribution in [3.8, 4) is 17.1 Å². The van der Waals surface area contributed by atoms with Crippen LogP contribution >= 0.6 is 11.6 Å². The Balaban J connectivity index is 1.54. The van der Waals surface area contributed by atoms with Crippen molar-refractivity contribution in [1.82, 2.24) is 9.97 Å². The summed E-state index contributed by atoms with van der Waals surface area (Å²) in [6.45, 7) is 0.150. The van der Waals surface area contributed by atoms with Crippen LogP contribution in [0, 0.1) is 0 Å². The fraction of sp³-hybridized carbons (Fsp3) is 0.0833. The molecular weight excluding hydrogens is 467 g/mol. The van der Waals surface area contributed by atoms with Crippen LogP contribution in [0.15, 0.2) is 95.2 Å². The predicted octanol–water partition coefficient (Wildman–Crippen LogP) is 7.72. The molecule has 0 bridgehead atoms. The topological polar surface area (TPSA) is 71.8 Å². The molecule has 10 heteroatoms. The van der Waals surface area contributed by atoms with E-state index in [1.54, 1.807) is 18.2 Å². The lowest BCUT2D eigenvalue weighted by atomic mass is 10.2. The Labute approximate surface area is 198 Å². The summed E-state index contributed by atoms with van der Waals surface area (Å²) in [5.74, 6) is 0.998. The molecule has 0 aliphatic rings. The van der Waals surface area contributed by atoms with Crippen LogP contribution in [0.2, 0.25) is 5.02 Å². The number of azo groups is 1. The van der Waals surface area contributed by atoms with Crippen LogP contribution in [0.4, 0.5) is 30.5 Å². The molecule has 0 fully saturated rings. The number of hydrogen-bond acceptors (Lipinski definition) is 6. The molecule has 0 saturated carbocycles. The molecule has 0 saturated heterocycles. The number of rotatable bonds is 7. The standard InChI is InChI=1S/C24H17ClF3N5O/c25-18-8-10-19(11-9-18)30-21-14-22(32-23(31-21)17-4-2-1-3-5-17)33-29-15-16-6-12-20(13-7-16)34-24(26,27)28/h1-14H,15H2,(H,30,31,32). The van der Waals surface area contributed by atoms with E-state index >= 15 is 0 Å². The van der Waals surface area contributed by atoms with E-state index in [1.165, 1.54) is 24.3 Å². The molecule has 0 aliphatic heterocycles. The second kappa shape index (κ2) is 10.3. The minimum atomic E-state index is -4.73. The average molecular weight is 484 g/mol. The number of aromatic nitrogens is 2. The van der Waals surface area contributed by atoms with Gasteiger partial charge in [-0.25, -0.2) is 9.97 Å². The first-order valence-electron chi connectivity index (χ1n) is 10.0. The molecule has 1 N–H and O–H groups in total. The fourth-order valence-corrected chi connectivity index (χ4v) is 3.06. The first kappa shape index (κ1) is 23.2. The number of hydrogen-bond donors (Lipinski definition) is 1.